The quantitative estimate of drug-likeness (QED) is 0.482. The lowest BCUT2D eigenvalue weighted by Crippen LogP contribution is -2.32. The van der Waals surface area contributed by atoms with Crippen molar-refractivity contribution >= 4 is 17.9 Å². The second kappa shape index (κ2) is 8.28. The van der Waals surface area contributed by atoms with Gasteiger partial charge in [-0.1, -0.05) is 24.3 Å². The molecule has 1 aromatic heterocycles. The number of nitro groups is 1. The molecule has 0 atom stereocenters. The van der Waals surface area contributed by atoms with Crippen LogP contribution in [0.5, 0.6) is 0 Å². The van der Waals surface area contributed by atoms with Crippen LogP contribution in [0.3, 0.4) is 0 Å². The number of para-hydroxylation sites is 2. The van der Waals surface area contributed by atoms with Crippen LogP contribution >= 0.6 is 0 Å². The lowest BCUT2D eigenvalue weighted by atomic mass is 10.2. The molecule has 2 aromatic rings. The number of rotatable bonds is 6. The van der Waals surface area contributed by atoms with Gasteiger partial charge in [0.2, 0.25) is 0 Å². The number of nitrogens with zero attached hydrogens (tertiary/aromatic N) is 3. The Labute approximate surface area is 151 Å². The summed E-state index contributed by atoms with van der Waals surface area (Å²) in [5.41, 5.74) is 0.686. The SMILES string of the molecule is CC(C)(C)OC(=O)NCCC=Cc1cnn(-c2ccccc2[N+](=O)[O-])c1. The fourth-order valence-electron chi connectivity index (χ4n) is 2.16. The van der Waals surface area contributed by atoms with Crippen LogP contribution in [-0.2, 0) is 4.74 Å². The minimum atomic E-state index is -0.519. The van der Waals surface area contributed by atoms with Crippen molar-refractivity contribution in [2.24, 2.45) is 0 Å². The van der Waals surface area contributed by atoms with E-state index in [9.17, 15) is 14.9 Å². The van der Waals surface area contributed by atoms with E-state index in [4.69, 9.17) is 4.74 Å². The number of alkyl carbamates (subject to hydrolysis) is 1. The van der Waals surface area contributed by atoms with Gasteiger partial charge in [0.05, 0.1) is 11.1 Å². The van der Waals surface area contributed by atoms with Crippen LogP contribution in [-0.4, -0.2) is 32.9 Å². The smallest absolute Gasteiger partial charge is 0.407 e. The molecule has 1 N–H and O–H groups in total. The molecule has 8 heteroatoms. The Balaban J connectivity index is 1.90. The maximum absolute atomic E-state index is 11.5. The third kappa shape index (κ3) is 5.73. The molecule has 26 heavy (non-hydrogen) atoms. The summed E-state index contributed by atoms with van der Waals surface area (Å²) >= 11 is 0. The lowest BCUT2D eigenvalue weighted by molar-refractivity contribution is -0.384. The number of carbonyl (C=O) groups excluding carboxylic acids is 1. The van der Waals surface area contributed by atoms with Gasteiger partial charge in [-0.05, 0) is 33.3 Å². The first kappa shape index (κ1) is 19.2. The van der Waals surface area contributed by atoms with Crippen LogP contribution < -0.4 is 5.32 Å². The van der Waals surface area contributed by atoms with Crippen molar-refractivity contribution in [1.82, 2.24) is 15.1 Å². The monoisotopic (exact) mass is 358 g/mol. The van der Waals surface area contributed by atoms with Crippen LogP contribution in [0.1, 0.15) is 32.8 Å². The van der Waals surface area contributed by atoms with Gasteiger partial charge in [-0.15, -0.1) is 0 Å². The van der Waals surface area contributed by atoms with Crippen LogP contribution in [0.15, 0.2) is 42.7 Å². The summed E-state index contributed by atoms with van der Waals surface area (Å²) in [5.74, 6) is 0. The molecule has 138 valence electrons. The van der Waals surface area contributed by atoms with Gasteiger partial charge in [0.15, 0.2) is 0 Å². The highest BCUT2D eigenvalue weighted by Gasteiger charge is 2.15. The Kier molecular flexibility index (Phi) is 6.11. The van der Waals surface area contributed by atoms with E-state index in [2.05, 4.69) is 10.4 Å². The first-order valence-corrected chi connectivity index (χ1v) is 8.18. The number of aromatic nitrogens is 2. The zero-order chi connectivity index (χ0) is 19.2. The molecule has 0 bridgehead atoms. The van der Waals surface area contributed by atoms with E-state index in [1.54, 1.807) is 51.4 Å². The molecule has 0 saturated carbocycles. The number of carbonyl (C=O) groups is 1. The molecule has 0 aliphatic heterocycles. The molecule has 1 aromatic carbocycles. The maximum atomic E-state index is 11.5. The summed E-state index contributed by atoms with van der Waals surface area (Å²) in [7, 11) is 0. The van der Waals surface area contributed by atoms with Gasteiger partial charge in [-0.2, -0.15) is 5.10 Å². The summed E-state index contributed by atoms with van der Waals surface area (Å²) in [6.07, 6.45) is 7.23. The van der Waals surface area contributed by atoms with Crippen LogP contribution in [0.25, 0.3) is 11.8 Å². The highest BCUT2D eigenvalue weighted by molar-refractivity contribution is 5.67. The highest BCUT2D eigenvalue weighted by atomic mass is 16.6. The third-order valence-corrected chi connectivity index (χ3v) is 3.22. The predicted molar refractivity (Wildman–Crippen MR) is 98.1 cm³/mol. The predicted octanol–water partition coefficient (Wildman–Crippen LogP) is 3.71. The summed E-state index contributed by atoms with van der Waals surface area (Å²) in [5, 5.41) is 17.9. The molecule has 8 nitrogen and oxygen atoms in total. The number of nitrogens with one attached hydrogen (secondary N) is 1. The Morgan fingerprint density at radius 3 is 2.81 bits per heavy atom. The Bertz CT molecular complexity index is 806. The molecule has 1 heterocycles. The molecule has 0 saturated heterocycles. The van der Waals surface area contributed by atoms with Crippen molar-refractivity contribution < 1.29 is 14.5 Å². The van der Waals surface area contributed by atoms with Crippen molar-refractivity contribution in [3.63, 3.8) is 0 Å². The minimum absolute atomic E-state index is 0.00677. The number of hydrogen-bond acceptors (Lipinski definition) is 5. The van der Waals surface area contributed by atoms with E-state index in [0.717, 1.165) is 5.56 Å². The van der Waals surface area contributed by atoms with E-state index in [0.29, 0.717) is 18.7 Å². The molecule has 2 rings (SSSR count). The van der Waals surface area contributed by atoms with Gasteiger partial charge in [0, 0.05) is 24.4 Å². The molecule has 0 unspecified atom stereocenters. The second-order valence-electron chi connectivity index (χ2n) is 6.58. The number of hydrogen-bond donors (Lipinski definition) is 1. The number of nitro benzene ring substituents is 1. The van der Waals surface area contributed by atoms with E-state index < -0.39 is 16.6 Å². The maximum Gasteiger partial charge on any atom is 0.407 e. The zero-order valence-electron chi connectivity index (χ0n) is 15.0. The van der Waals surface area contributed by atoms with Gasteiger partial charge in [-0.3, -0.25) is 10.1 Å². The summed E-state index contributed by atoms with van der Waals surface area (Å²) in [6.45, 7) is 5.87. The van der Waals surface area contributed by atoms with Crippen molar-refractivity contribution in [3.05, 3.63) is 58.4 Å². The number of amides is 1. The minimum Gasteiger partial charge on any atom is -0.444 e. The van der Waals surface area contributed by atoms with Crippen molar-refractivity contribution in [2.75, 3.05) is 6.54 Å². The van der Waals surface area contributed by atoms with Crippen molar-refractivity contribution in [2.45, 2.75) is 32.8 Å². The summed E-state index contributed by atoms with van der Waals surface area (Å²) < 4.78 is 6.61. The molecular weight excluding hydrogens is 336 g/mol. The molecule has 0 spiro atoms. The van der Waals surface area contributed by atoms with Gasteiger partial charge in [-0.25, -0.2) is 9.48 Å². The zero-order valence-corrected chi connectivity index (χ0v) is 15.0. The van der Waals surface area contributed by atoms with Crippen molar-refractivity contribution in [1.29, 1.82) is 0 Å². The molecule has 0 aliphatic rings. The molecule has 1 amide bonds. The Hall–Kier alpha value is -3.16. The lowest BCUT2D eigenvalue weighted by Gasteiger charge is -2.19. The van der Waals surface area contributed by atoms with Gasteiger partial charge < -0.3 is 10.1 Å². The average Bonchev–Trinajstić information content (AvgIpc) is 3.01. The molecule has 0 fully saturated rings. The normalized spacial score (nSPS) is 11.5. The molecular formula is C18H22N4O4. The largest absolute Gasteiger partial charge is 0.444 e. The first-order chi connectivity index (χ1) is 12.3. The fraction of sp³-hybridized carbons (Fsp3) is 0.333. The molecule has 0 aliphatic carbocycles. The van der Waals surface area contributed by atoms with Crippen LogP contribution in [0.4, 0.5) is 10.5 Å². The van der Waals surface area contributed by atoms with Crippen LogP contribution in [0.2, 0.25) is 0 Å². The van der Waals surface area contributed by atoms with Gasteiger partial charge >= 0.3 is 6.09 Å². The Morgan fingerprint density at radius 2 is 2.12 bits per heavy atom. The van der Waals surface area contributed by atoms with Gasteiger partial charge in [0.25, 0.3) is 5.69 Å². The van der Waals surface area contributed by atoms with Crippen LogP contribution in [0, 0.1) is 10.1 Å². The summed E-state index contributed by atoms with van der Waals surface area (Å²) in [4.78, 5) is 22.2. The van der Waals surface area contributed by atoms with Gasteiger partial charge in [0.1, 0.15) is 11.3 Å². The number of benzene rings is 1. The average molecular weight is 358 g/mol. The number of ether oxygens (including phenoxy) is 1. The van der Waals surface area contributed by atoms with E-state index >= 15 is 0 Å². The van der Waals surface area contributed by atoms with E-state index in [1.165, 1.54) is 10.7 Å². The second-order valence-corrected chi connectivity index (χ2v) is 6.58. The van der Waals surface area contributed by atoms with E-state index in [-0.39, 0.29) is 5.69 Å². The van der Waals surface area contributed by atoms with E-state index in [1.807, 2.05) is 12.2 Å². The fourth-order valence-corrected chi connectivity index (χ4v) is 2.16. The highest BCUT2D eigenvalue weighted by Crippen LogP contribution is 2.21. The summed E-state index contributed by atoms with van der Waals surface area (Å²) in [6, 6.07) is 6.42. The topological polar surface area (TPSA) is 99.3 Å². The first-order valence-electron chi connectivity index (χ1n) is 8.18. The third-order valence-electron chi connectivity index (χ3n) is 3.22. The Morgan fingerprint density at radius 1 is 1.38 bits per heavy atom. The standard InChI is InChI=1S/C18H22N4O4/c1-18(2,3)26-17(23)19-11-7-6-8-14-12-20-21(13-14)15-9-4-5-10-16(15)22(24)25/h4-6,8-10,12-13H,7,11H2,1-3H3,(H,19,23). The molecule has 0 radical (unpaired) electrons. The van der Waals surface area contributed by atoms with Crippen molar-refractivity contribution in [3.8, 4) is 5.69 Å².